The molecule has 2 aromatic rings. The van der Waals surface area contributed by atoms with Crippen LogP contribution in [0.1, 0.15) is 42.0 Å². The number of halogens is 2. The van der Waals surface area contributed by atoms with Crippen LogP contribution in [-0.2, 0) is 22.4 Å². The first-order chi connectivity index (χ1) is 15.8. The zero-order valence-electron chi connectivity index (χ0n) is 18.6. The van der Waals surface area contributed by atoms with Crippen LogP contribution in [0.3, 0.4) is 0 Å². The highest BCUT2D eigenvalue weighted by molar-refractivity contribution is 6.42. The fourth-order valence-electron chi connectivity index (χ4n) is 5.01. The van der Waals surface area contributed by atoms with Crippen LogP contribution in [0.4, 0.5) is 0 Å². The Morgan fingerprint density at radius 2 is 1.88 bits per heavy atom. The van der Waals surface area contributed by atoms with E-state index in [2.05, 4.69) is 4.90 Å². The summed E-state index contributed by atoms with van der Waals surface area (Å²) in [7, 11) is 1.85. The van der Waals surface area contributed by atoms with E-state index < -0.39 is 12.6 Å². The number of benzene rings is 2. The SMILES string of the molecule is CN(C(=O)Cc1ccc(Cl)c(Cl)c1)C1c2cc(OCC(=O)O)ccc2CCC1N1CCCC1. The number of ether oxygens (including phenoxy) is 1. The van der Waals surface area contributed by atoms with Crippen molar-refractivity contribution >= 4 is 35.1 Å². The van der Waals surface area contributed by atoms with Crippen LogP contribution < -0.4 is 4.74 Å². The molecule has 0 aromatic heterocycles. The van der Waals surface area contributed by atoms with Crippen molar-refractivity contribution in [2.75, 3.05) is 26.7 Å². The molecule has 1 heterocycles. The summed E-state index contributed by atoms with van der Waals surface area (Å²) in [5, 5.41) is 9.88. The zero-order chi connectivity index (χ0) is 23.5. The van der Waals surface area contributed by atoms with Gasteiger partial charge in [0.2, 0.25) is 5.91 Å². The van der Waals surface area contributed by atoms with Crippen LogP contribution in [0.2, 0.25) is 10.0 Å². The minimum atomic E-state index is -1.02. The average Bonchev–Trinajstić information content (AvgIpc) is 3.33. The molecular formula is C25H28Cl2N2O4. The molecular weight excluding hydrogens is 463 g/mol. The number of rotatable bonds is 7. The molecule has 2 atom stereocenters. The summed E-state index contributed by atoms with van der Waals surface area (Å²) >= 11 is 12.2. The molecule has 0 saturated carbocycles. The Labute approximate surface area is 204 Å². The third kappa shape index (κ3) is 5.45. The Kier molecular flexibility index (Phi) is 7.47. The molecule has 6 nitrogen and oxygen atoms in total. The number of hydrogen-bond donors (Lipinski definition) is 1. The Morgan fingerprint density at radius 3 is 2.58 bits per heavy atom. The number of carbonyl (C=O) groups excluding carboxylic acids is 1. The number of aryl methyl sites for hydroxylation is 1. The van der Waals surface area contributed by atoms with Crippen LogP contribution >= 0.6 is 23.2 Å². The second-order valence-corrected chi connectivity index (χ2v) is 9.58. The Balaban J connectivity index is 1.63. The molecule has 0 spiro atoms. The summed E-state index contributed by atoms with van der Waals surface area (Å²) in [5.41, 5.74) is 3.02. The number of carboxylic acid groups (broad SMARTS) is 1. The number of likely N-dealkylation sites (N-methyl/N-ethyl adjacent to an activating group) is 1. The maximum Gasteiger partial charge on any atom is 0.341 e. The Morgan fingerprint density at radius 1 is 1.12 bits per heavy atom. The van der Waals surface area contributed by atoms with Crippen molar-refractivity contribution in [3.63, 3.8) is 0 Å². The van der Waals surface area contributed by atoms with Gasteiger partial charge in [-0.2, -0.15) is 0 Å². The molecule has 1 N–H and O–H groups in total. The number of amides is 1. The van der Waals surface area contributed by atoms with Gasteiger partial charge in [0.25, 0.3) is 0 Å². The van der Waals surface area contributed by atoms with Crippen molar-refractivity contribution in [1.29, 1.82) is 0 Å². The largest absolute Gasteiger partial charge is 0.482 e. The van der Waals surface area contributed by atoms with Gasteiger partial charge in [-0.3, -0.25) is 9.69 Å². The fraction of sp³-hybridized carbons (Fsp3) is 0.440. The molecule has 33 heavy (non-hydrogen) atoms. The second kappa shape index (κ2) is 10.3. The number of carboxylic acids is 1. The van der Waals surface area contributed by atoms with Crippen molar-refractivity contribution < 1.29 is 19.4 Å². The summed E-state index contributed by atoms with van der Waals surface area (Å²) in [6.07, 6.45) is 4.44. The monoisotopic (exact) mass is 490 g/mol. The number of likely N-dealkylation sites (tertiary alicyclic amines) is 1. The summed E-state index contributed by atoms with van der Waals surface area (Å²) in [5.74, 6) is -0.519. The maximum atomic E-state index is 13.4. The lowest BCUT2D eigenvalue weighted by molar-refractivity contribution is -0.139. The van der Waals surface area contributed by atoms with Gasteiger partial charge in [0.1, 0.15) is 5.75 Å². The molecule has 2 unspecified atom stereocenters. The minimum absolute atomic E-state index is 0.00714. The Bertz CT molecular complexity index is 1040. The highest BCUT2D eigenvalue weighted by Gasteiger charge is 2.38. The van der Waals surface area contributed by atoms with Gasteiger partial charge in [0.05, 0.1) is 22.5 Å². The third-order valence-corrected chi connectivity index (χ3v) is 7.37. The molecule has 176 valence electrons. The number of nitrogens with zero attached hydrogens (tertiary/aromatic N) is 2. The van der Waals surface area contributed by atoms with Gasteiger partial charge < -0.3 is 14.7 Å². The van der Waals surface area contributed by atoms with Crippen LogP contribution in [0, 0.1) is 0 Å². The first-order valence-corrected chi connectivity index (χ1v) is 12.0. The van der Waals surface area contributed by atoms with E-state index in [-0.39, 0.29) is 24.4 Å². The van der Waals surface area contributed by atoms with E-state index >= 15 is 0 Å². The Hall–Kier alpha value is -2.28. The van der Waals surface area contributed by atoms with E-state index in [1.807, 2.05) is 36.2 Å². The van der Waals surface area contributed by atoms with Crippen molar-refractivity contribution in [1.82, 2.24) is 9.80 Å². The number of carbonyl (C=O) groups is 2. The lowest BCUT2D eigenvalue weighted by Crippen LogP contribution is -2.48. The topological polar surface area (TPSA) is 70.1 Å². The molecule has 1 saturated heterocycles. The van der Waals surface area contributed by atoms with Crippen LogP contribution in [0.25, 0.3) is 0 Å². The molecule has 2 aliphatic rings. The van der Waals surface area contributed by atoms with Crippen LogP contribution in [0.5, 0.6) is 5.75 Å². The first-order valence-electron chi connectivity index (χ1n) is 11.2. The maximum absolute atomic E-state index is 13.4. The van der Waals surface area contributed by atoms with Crippen molar-refractivity contribution in [2.45, 2.75) is 44.2 Å². The summed E-state index contributed by atoms with van der Waals surface area (Å²) in [4.78, 5) is 28.7. The van der Waals surface area contributed by atoms with Gasteiger partial charge in [-0.1, -0.05) is 35.3 Å². The summed E-state index contributed by atoms with van der Waals surface area (Å²) < 4.78 is 5.46. The minimum Gasteiger partial charge on any atom is -0.482 e. The average molecular weight is 491 g/mol. The van der Waals surface area contributed by atoms with Crippen molar-refractivity contribution in [3.05, 3.63) is 63.1 Å². The molecule has 2 aromatic carbocycles. The van der Waals surface area contributed by atoms with E-state index in [1.54, 1.807) is 12.1 Å². The molecule has 1 aliphatic heterocycles. The van der Waals surface area contributed by atoms with Crippen LogP contribution in [-0.4, -0.2) is 59.6 Å². The van der Waals surface area contributed by atoms with Gasteiger partial charge >= 0.3 is 5.97 Å². The standard InChI is InChI=1S/C25H28Cl2N2O4/c1-28(23(30)13-16-4-8-20(26)21(27)12-16)25-19-14-18(33-15-24(31)32)7-5-17(19)6-9-22(25)29-10-2-3-11-29/h4-5,7-8,12,14,22,25H,2-3,6,9-11,13,15H2,1H3,(H,31,32). The second-order valence-electron chi connectivity index (χ2n) is 8.77. The van der Waals surface area contributed by atoms with Crippen molar-refractivity contribution in [3.8, 4) is 5.75 Å². The normalized spacial score (nSPS) is 20.3. The van der Waals surface area contributed by atoms with E-state index in [1.165, 1.54) is 18.4 Å². The summed E-state index contributed by atoms with van der Waals surface area (Å²) in [6.45, 7) is 1.66. The van der Waals surface area contributed by atoms with E-state index in [4.69, 9.17) is 33.0 Å². The molecule has 1 aliphatic carbocycles. The van der Waals surface area contributed by atoms with E-state index in [0.29, 0.717) is 15.8 Å². The predicted molar refractivity (Wildman–Crippen MR) is 128 cm³/mol. The number of aliphatic carboxylic acids is 1. The number of fused-ring (bicyclic) bond motifs is 1. The quantitative estimate of drug-likeness (QED) is 0.613. The van der Waals surface area contributed by atoms with Crippen molar-refractivity contribution in [2.24, 2.45) is 0 Å². The lowest BCUT2D eigenvalue weighted by Gasteiger charge is -2.43. The molecule has 1 fully saturated rings. The molecule has 4 rings (SSSR count). The van der Waals surface area contributed by atoms with E-state index in [9.17, 15) is 9.59 Å². The van der Waals surface area contributed by atoms with Gasteiger partial charge in [0.15, 0.2) is 6.61 Å². The van der Waals surface area contributed by atoms with Gasteiger partial charge in [-0.05, 0) is 79.7 Å². The smallest absolute Gasteiger partial charge is 0.341 e. The summed E-state index contributed by atoms with van der Waals surface area (Å²) in [6, 6.07) is 11.1. The fourth-order valence-corrected chi connectivity index (χ4v) is 5.33. The molecule has 8 heteroatoms. The van der Waals surface area contributed by atoms with Gasteiger partial charge in [0, 0.05) is 13.1 Å². The highest BCUT2D eigenvalue weighted by Crippen LogP contribution is 2.40. The number of hydrogen-bond acceptors (Lipinski definition) is 4. The predicted octanol–water partition coefficient (Wildman–Crippen LogP) is 4.61. The first kappa shape index (κ1) is 23.9. The van der Waals surface area contributed by atoms with Gasteiger partial charge in [-0.15, -0.1) is 0 Å². The molecule has 0 radical (unpaired) electrons. The van der Waals surface area contributed by atoms with Gasteiger partial charge in [-0.25, -0.2) is 4.79 Å². The molecule has 1 amide bonds. The van der Waals surface area contributed by atoms with E-state index in [0.717, 1.165) is 37.1 Å². The third-order valence-electron chi connectivity index (χ3n) is 6.63. The van der Waals surface area contributed by atoms with Crippen LogP contribution in [0.15, 0.2) is 36.4 Å². The zero-order valence-corrected chi connectivity index (χ0v) is 20.1. The highest BCUT2D eigenvalue weighted by atomic mass is 35.5. The lowest BCUT2D eigenvalue weighted by atomic mass is 9.82. The molecule has 0 bridgehead atoms.